The number of nitrogens with one attached hydrogen (secondary N) is 1. The molecule has 1 aliphatic rings. The molecule has 13 heavy (non-hydrogen) atoms. The highest BCUT2D eigenvalue weighted by Gasteiger charge is 2.16. The van der Waals surface area contributed by atoms with E-state index >= 15 is 0 Å². The van der Waals surface area contributed by atoms with Crippen molar-refractivity contribution in [1.82, 2.24) is 5.32 Å². The fourth-order valence-corrected chi connectivity index (χ4v) is 1.03. The summed E-state index contributed by atoms with van der Waals surface area (Å²) in [7, 11) is 0. The maximum absolute atomic E-state index is 5.53. The Kier molecular flexibility index (Phi) is 2.84. The molecule has 0 aromatic carbocycles. The monoisotopic (exact) mass is 178 g/mol. The van der Waals surface area contributed by atoms with E-state index in [2.05, 4.69) is 28.8 Å². The number of allylic oxidation sites excluding steroid dienone is 1. The zero-order valence-corrected chi connectivity index (χ0v) is 7.96. The number of aliphatic imine (C=N–C) groups is 2. The molecule has 0 spiro atoms. The van der Waals surface area contributed by atoms with Gasteiger partial charge in [0.15, 0.2) is 11.8 Å². The summed E-state index contributed by atoms with van der Waals surface area (Å²) in [6, 6.07) is 0. The van der Waals surface area contributed by atoms with E-state index in [0.29, 0.717) is 11.8 Å². The van der Waals surface area contributed by atoms with Gasteiger partial charge in [0.05, 0.1) is 0 Å². The molecule has 1 heterocycles. The number of hydrogen-bond acceptors (Lipinski definition) is 3. The Hall–Kier alpha value is -1.58. The minimum absolute atomic E-state index is 0.392. The zero-order valence-electron chi connectivity index (χ0n) is 7.96. The Morgan fingerprint density at radius 2 is 2.46 bits per heavy atom. The van der Waals surface area contributed by atoms with Gasteiger partial charge in [-0.1, -0.05) is 13.5 Å². The van der Waals surface area contributed by atoms with Crippen LogP contribution in [0.25, 0.3) is 0 Å². The van der Waals surface area contributed by atoms with Crippen molar-refractivity contribution in [2.45, 2.75) is 20.3 Å². The molecule has 0 saturated carbocycles. The molecular weight excluding hydrogens is 164 g/mol. The van der Waals surface area contributed by atoms with E-state index < -0.39 is 0 Å². The summed E-state index contributed by atoms with van der Waals surface area (Å²) in [5, 5.41) is 2.87. The number of nitrogens with two attached hydrogens (primary N) is 1. The summed E-state index contributed by atoms with van der Waals surface area (Å²) in [6.45, 7) is 7.61. The van der Waals surface area contributed by atoms with Crippen molar-refractivity contribution in [3.8, 4) is 0 Å². The van der Waals surface area contributed by atoms with Crippen LogP contribution in [0.4, 0.5) is 0 Å². The van der Waals surface area contributed by atoms with Gasteiger partial charge in [0.25, 0.3) is 0 Å². The summed E-state index contributed by atoms with van der Waals surface area (Å²) < 4.78 is 0. The summed E-state index contributed by atoms with van der Waals surface area (Å²) in [4.78, 5) is 8.19. The van der Waals surface area contributed by atoms with Crippen molar-refractivity contribution in [3.05, 3.63) is 24.0 Å². The smallest absolute Gasteiger partial charge is 0.199 e. The molecule has 0 amide bonds. The summed E-state index contributed by atoms with van der Waals surface area (Å²) in [6.07, 6.45) is 2.41. The van der Waals surface area contributed by atoms with Crippen LogP contribution in [0.1, 0.15) is 20.3 Å². The molecule has 0 aromatic rings. The van der Waals surface area contributed by atoms with Crippen molar-refractivity contribution in [2.75, 3.05) is 0 Å². The number of amidine groups is 1. The lowest BCUT2D eigenvalue weighted by Crippen LogP contribution is -2.30. The normalized spacial score (nSPS) is 22.6. The minimum Gasteiger partial charge on any atom is -0.369 e. The second kappa shape index (κ2) is 3.89. The van der Waals surface area contributed by atoms with E-state index in [1.54, 1.807) is 0 Å². The third-order valence-electron chi connectivity index (χ3n) is 1.86. The van der Waals surface area contributed by atoms with Crippen LogP contribution in [0.2, 0.25) is 0 Å². The molecule has 0 bridgehead atoms. The van der Waals surface area contributed by atoms with Crippen LogP contribution in [0.3, 0.4) is 0 Å². The first-order valence-electron chi connectivity index (χ1n) is 4.19. The second-order valence-corrected chi connectivity index (χ2v) is 2.76. The maximum Gasteiger partial charge on any atom is 0.199 e. The fourth-order valence-electron chi connectivity index (χ4n) is 1.03. The van der Waals surface area contributed by atoms with E-state index in [0.717, 1.165) is 17.7 Å². The summed E-state index contributed by atoms with van der Waals surface area (Å²) >= 11 is 0. The zero-order chi connectivity index (χ0) is 9.84. The van der Waals surface area contributed by atoms with Gasteiger partial charge < -0.3 is 11.1 Å². The van der Waals surface area contributed by atoms with Crippen molar-refractivity contribution in [3.63, 3.8) is 0 Å². The molecule has 1 aliphatic heterocycles. The first-order chi connectivity index (χ1) is 6.19. The lowest BCUT2D eigenvalue weighted by molar-refractivity contribution is 1.07. The maximum atomic E-state index is 5.53. The van der Waals surface area contributed by atoms with Gasteiger partial charge in [0, 0.05) is 6.20 Å². The van der Waals surface area contributed by atoms with Gasteiger partial charge in [0.1, 0.15) is 5.70 Å². The average molecular weight is 178 g/mol. The van der Waals surface area contributed by atoms with Gasteiger partial charge in [-0.2, -0.15) is 0 Å². The highest BCUT2D eigenvalue weighted by atomic mass is 15.2. The molecule has 4 nitrogen and oxygen atoms in total. The molecule has 0 aliphatic carbocycles. The molecule has 70 valence electrons. The van der Waals surface area contributed by atoms with E-state index in [1.165, 1.54) is 6.20 Å². The Morgan fingerprint density at radius 3 is 3.00 bits per heavy atom. The van der Waals surface area contributed by atoms with Gasteiger partial charge in [-0.15, -0.1) is 0 Å². The third kappa shape index (κ3) is 1.96. The average Bonchev–Trinajstić information content (AvgIpc) is 2.46. The van der Waals surface area contributed by atoms with Crippen molar-refractivity contribution in [2.24, 2.45) is 15.7 Å². The van der Waals surface area contributed by atoms with Crippen LogP contribution < -0.4 is 11.1 Å². The highest BCUT2D eigenvalue weighted by molar-refractivity contribution is 6.14. The lowest BCUT2D eigenvalue weighted by atomic mass is 10.2. The van der Waals surface area contributed by atoms with Crippen LogP contribution in [-0.4, -0.2) is 11.8 Å². The molecule has 0 saturated heterocycles. The van der Waals surface area contributed by atoms with Gasteiger partial charge in [-0.25, -0.2) is 9.98 Å². The molecule has 0 unspecified atom stereocenters. The number of rotatable bonds is 2. The van der Waals surface area contributed by atoms with Gasteiger partial charge in [0.2, 0.25) is 0 Å². The molecular formula is C9H14N4. The highest BCUT2D eigenvalue weighted by Crippen LogP contribution is 2.13. The Bertz CT molecular complexity index is 310. The van der Waals surface area contributed by atoms with Crippen molar-refractivity contribution < 1.29 is 0 Å². The fraction of sp³-hybridized carbons (Fsp3) is 0.333. The molecule has 0 fully saturated rings. The van der Waals surface area contributed by atoms with Crippen LogP contribution in [-0.2, 0) is 0 Å². The predicted octanol–water partition coefficient (Wildman–Crippen LogP) is 1.13. The van der Waals surface area contributed by atoms with Crippen LogP contribution in [0, 0.1) is 0 Å². The Labute approximate surface area is 78.0 Å². The molecule has 0 radical (unpaired) electrons. The van der Waals surface area contributed by atoms with Gasteiger partial charge >= 0.3 is 0 Å². The molecule has 0 aromatic heterocycles. The summed E-state index contributed by atoms with van der Waals surface area (Å²) in [5.74, 6) is 1.08. The topological polar surface area (TPSA) is 62.8 Å². The first kappa shape index (κ1) is 9.51. The Balaban J connectivity index is 3.07. The Morgan fingerprint density at radius 1 is 1.77 bits per heavy atom. The van der Waals surface area contributed by atoms with Crippen molar-refractivity contribution >= 4 is 11.8 Å². The quantitative estimate of drug-likeness (QED) is 0.665. The van der Waals surface area contributed by atoms with E-state index in [1.807, 2.05) is 6.92 Å². The summed E-state index contributed by atoms with van der Waals surface area (Å²) in [5.41, 5.74) is 7.52. The number of nitrogens with zero attached hydrogens (tertiary/aromatic N) is 2. The molecule has 0 atom stereocenters. The molecule has 3 N–H and O–H groups in total. The van der Waals surface area contributed by atoms with Gasteiger partial charge in [-0.3, -0.25) is 0 Å². The van der Waals surface area contributed by atoms with E-state index in [4.69, 9.17) is 5.73 Å². The third-order valence-corrected chi connectivity index (χ3v) is 1.86. The lowest BCUT2D eigenvalue weighted by Gasteiger charge is -2.00. The minimum atomic E-state index is 0.392. The van der Waals surface area contributed by atoms with Crippen LogP contribution in [0.15, 0.2) is 34.0 Å². The predicted molar refractivity (Wildman–Crippen MR) is 55.4 cm³/mol. The standard InChI is InChI=1S/C9H14N4/c1-4-6(3)7-8(11-5-2)13-9(10)12-7/h5H,2,4H2,1,3H3,(H3,10,11,12,13)/b7-6-. The largest absolute Gasteiger partial charge is 0.369 e. The second-order valence-electron chi connectivity index (χ2n) is 2.76. The van der Waals surface area contributed by atoms with Crippen molar-refractivity contribution in [1.29, 1.82) is 0 Å². The van der Waals surface area contributed by atoms with E-state index in [-0.39, 0.29) is 0 Å². The number of guanidine groups is 1. The van der Waals surface area contributed by atoms with Crippen LogP contribution >= 0.6 is 0 Å². The first-order valence-corrected chi connectivity index (χ1v) is 4.19. The van der Waals surface area contributed by atoms with Gasteiger partial charge in [-0.05, 0) is 18.9 Å². The molecule has 1 rings (SSSR count). The van der Waals surface area contributed by atoms with Crippen LogP contribution in [0.5, 0.6) is 0 Å². The molecule has 4 heteroatoms. The number of hydrogen-bond donors (Lipinski definition) is 2. The van der Waals surface area contributed by atoms with E-state index in [9.17, 15) is 0 Å². The SMILES string of the molecule is C=CN=C1NC(N)=N/C1=C(/C)CC.